The quantitative estimate of drug-likeness (QED) is 0.728. The molecule has 5 heteroatoms. The molecule has 1 aliphatic rings. The number of benzene rings is 3. The Morgan fingerprint density at radius 2 is 1.77 bits per heavy atom. The number of aryl methyl sites for hydroxylation is 2. The van der Waals surface area contributed by atoms with Crippen molar-refractivity contribution in [1.29, 1.82) is 0 Å². The van der Waals surface area contributed by atoms with Gasteiger partial charge in [0.15, 0.2) is 6.61 Å². The molecular formula is C21H16FNO3. The molecule has 0 fully saturated rings. The first-order valence-corrected chi connectivity index (χ1v) is 8.38. The van der Waals surface area contributed by atoms with Crippen molar-refractivity contribution in [2.75, 3.05) is 11.9 Å². The Bertz CT molecular complexity index is 1020. The van der Waals surface area contributed by atoms with Crippen LogP contribution in [0, 0.1) is 5.82 Å². The van der Waals surface area contributed by atoms with Crippen LogP contribution in [0.15, 0.2) is 54.6 Å². The van der Waals surface area contributed by atoms with Crippen LogP contribution in [-0.2, 0) is 22.4 Å². The fourth-order valence-electron chi connectivity index (χ4n) is 3.40. The maximum atomic E-state index is 13.1. The monoisotopic (exact) mass is 349 g/mol. The van der Waals surface area contributed by atoms with Crippen molar-refractivity contribution in [3.8, 4) is 0 Å². The van der Waals surface area contributed by atoms with Gasteiger partial charge in [-0.25, -0.2) is 9.18 Å². The van der Waals surface area contributed by atoms with Gasteiger partial charge in [-0.1, -0.05) is 30.3 Å². The van der Waals surface area contributed by atoms with E-state index in [1.54, 1.807) is 12.1 Å². The molecule has 0 unspecified atom stereocenters. The van der Waals surface area contributed by atoms with Crippen molar-refractivity contribution >= 4 is 28.3 Å². The predicted octanol–water partition coefficient (Wildman–Crippen LogP) is 3.87. The Labute approximate surface area is 149 Å². The highest BCUT2D eigenvalue weighted by molar-refractivity contribution is 6.07. The minimum absolute atomic E-state index is 0.316. The number of ether oxygens (including phenoxy) is 1. The second-order valence-electron chi connectivity index (χ2n) is 6.25. The molecule has 0 radical (unpaired) electrons. The summed E-state index contributed by atoms with van der Waals surface area (Å²) in [7, 11) is 0. The third kappa shape index (κ3) is 3.04. The number of esters is 1. The summed E-state index contributed by atoms with van der Waals surface area (Å²) in [5, 5.41) is 4.47. The zero-order valence-electron chi connectivity index (χ0n) is 13.9. The zero-order chi connectivity index (χ0) is 18.1. The minimum Gasteiger partial charge on any atom is -0.452 e. The molecule has 4 rings (SSSR count). The second kappa shape index (κ2) is 6.59. The van der Waals surface area contributed by atoms with Crippen molar-refractivity contribution < 1.29 is 18.7 Å². The standard InChI is InChI=1S/C21H16FNO3/c22-15-4-2-5-16(11-15)23-19(24)12-26-21(25)18-10-9-14-8-7-13-3-1-6-17(18)20(13)14/h1-6,9-11H,7-8,12H2,(H,23,24). The number of halogens is 1. The van der Waals surface area contributed by atoms with Crippen molar-refractivity contribution in [1.82, 2.24) is 0 Å². The molecular weight excluding hydrogens is 333 g/mol. The molecule has 1 aliphatic carbocycles. The summed E-state index contributed by atoms with van der Waals surface area (Å²) < 4.78 is 18.3. The Balaban J connectivity index is 1.48. The maximum absolute atomic E-state index is 13.1. The highest BCUT2D eigenvalue weighted by Crippen LogP contribution is 2.32. The van der Waals surface area contributed by atoms with E-state index in [9.17, 15) is 14.0 Å². The Morgan fingerprint density at radius 3 is 2.58 bits per heavy atom. The van der Waals surface area contributed by atoms with Crippen LogP contribution in [0.2, 0.25) is 0 Å². The van der Waals surface area contributed by atoms with E-state index < -0.39 is 24.3 Å². The van der Waals surface area contributed by atoms with Crippen molar-refractivity contribution in [2.45, 2.75) is 12.8 Å². The molecule has 1 amide bonds. The lowest BCUT2D eigenvalue weighted by molar-refractivity contribution is -0.119. The third-order valence-electron chi connectivity index (χ3n) is 4.54. The highest BCUT2D eigenvalue weighted by atomic mass is 19.1. The van der Waals surface area contributed by atoms with Crippen LogP contribution < -0.4 is 5.32 Å². The summed E-state index contributed by atoms with van der Waals surface area (Å²) in [4.78, 5) is 24.4. The van der Waals surface area contributed by atoms with Crippen molar-refractivity contribution in [3.05, 3.63) is 77.1 Å². The summed E-state index contributed by atoms with van der Waals surface area (Å²) in [6.45, 7) is -0.432. The first-order chi connectivity index (χ1) is 12.6. The topological polar surface area (TPSA) is 55.4 Å². The largest absolute Gasteiger partial charge is 0.452 e. The third-order valence-corrected chi connectivity index (χ3v) is 4.54. The van der Waals surface area contributed by atoms with E-state index in [-0.39, 0.29) is 0 Å². The normalized spacial score (nSPS) is 12.2. The van der Waals surface area contributed by atoms with Gasteiger partial charge in [0.2, 0.25) is 0 Å². The molecule has 0 bridgehead atoms. The molecule has 130 valence electrons. The van der Waals surface area contributed by atoms with E-state index in [1.807, 2.05) is 18.2 Å². The maximum Gasteiger partial charge on any atom is 0.339 e. The molecule has 0 atom stereocenters. The number of carbonyl (C=O) groups is 2. The number of hydrogen-bond donors (Lipinski definition) is 1. The molecule has 0 heterocycles. The number of amides is 1. The summed E-state index contributed by atoms with van der Waals surface area (Å²) in [5.74, 6) is -1.52. The van der Waals surface area contributed by atoms with Gasteiger partial charge in [0.1, 0.15) is 5.82 Å². The molecule has 1 N–H and O–H groups in total. The second-order valence-corrected chi connectivity index (χ2v) is 6.25. The first kappa shape index (κ1) is 16.3. The molecule has 0 saturated carbocycles. The molecule has 0 spiro atoms. The van der Waals surface area contributed by atoms with E-state index in [4.69, 9.17) is 4.74 Å². The van der Waals surface area contributed by atoms with Crippen LogP contribution in [0.25, 0.3) is 10.8 Å². The summed E-state index contributed by atoms with van der Waals surface area (Å²) >= 11 is 0. The average Bonchev–Trinajstić information content (AvgIpc) is 3.05. The SMILES string of the molecule is O=C(COC(=O)c1ccc2c3c(cccc13)CC2)Nc1cccc(F)c1. The van der Waals surface area contributed by atoms with Crippen LogP contribution >= 0.6 is 0 Å². The van der Waals surface area contributed by atoms with Crippen LogP contribution in [-0.4, -0.2) is 18.5 Å². The van der Waals surface area contributed by atoms with Gasteiger partial charge in [-0.15, -0.1) is 0 Å². The van der Waals surface area contributed by atoms with Crippen LogP contribution in [0.4, 0.5) is 10.1 Å². The van der Waals surface area contributed by atoms with Crippen LogP contribution in [0.1, 0.15) is 21.5 Å². The summed E-state index contributed by atoms with van der Waals surface area (Å²) in [6.07, 6.45) is 1.95. The van der Waals surface area contributed by atoms with Gasteiger partial charge < -0.3 is 10.1 Å². The lowest BCUT2D eigenvalue weighted by Crippen LogP contribution is -2.21. The van der Waals surface area contributed by atoms with Gasteiger partial charge in [0.25, 0.3) is 5.91 Å². The van der Waals surface area contributed by atoms with E-state index in [1.165, 1.54) is 29.3 Å². The van der Waals surface area contributed by atoms with Gasteiger partial charge in [-0.05, 0) is 59.0 Å². The Kier molecular flexibility index (Phi) is 4.13. The van der Waals surface area contributed by atoms with Gasteiger partial charge >= 0.3 is 5.97 Å². The van der Waals surface area contributed by atoms with E-state index >= 15 is 0 Å². The van der Waals surface area contributed by atoms with E-state index in [2.05, 4.69) is 11.4 Å². The predicted molar refractivity (Wildman–Crippen MR) is 96.7 cm³/mol. The molecule has 26 heavy (non-hydrogen) atoms. The number of carbonyl (C=O) groups excluding carboxylic acids is 2. The molecule has 3 aromatic rings. The highest BCUT2D eigenvalue weighted by Gasteiger charge is 2.20. The van der Waals surface area contributed by atoms with E-state index in [0.29, 0.717) is 11.3 Å². The Morgan fingerprint density at radius 1 is 1.00 bits per heavy atom. The minimum atomic E-state index is -0.546. The van der Waals surface area contributed by atoms with Gasteiger partial charge in [0.05, 0.1) is 5.56 Å². The number of rotatable bonds is 4. The van der Waals surface area contributed by atoms with Crippen molar-refractivity contribution in [3.63, 3.8) is 0 Å². The fourth-order valence-corrected chi connectivity index (χ4v) is 3.40. The van der Waals surface area contributed by atoms with Crippen molar-refractivity contribution in [2.24, 2.45) is 0 Å². The molecule has 4 nitrogen and oxygen atoms in total. The van der Waals surface area contributed by atoms with Gasteiger partial charge in [-0.3, -0.25) is 4.79 Å². The van der Waals surface area contributed by atoms with Crippen LogP contribution in [0.3, 0.4) is 0 Å². The zero-order valence-corrected chi connectivity index (χ0v) is 13.9. The molecule has 0 aromatic heterocycles. The molecule has 3 aromatic carbocycles. The molecule has 0 aliphatic heterocycles. The Hall–Kier alpha value is -3.21. The number of hydrogen-bond acceptors (Lipinski definition) is 3. The lowest BCUT2D eigenvalue weighted by atomic mass is 10.00. The summed E-state index contributed by atoms with van der Waals surface area (Å²) in [5.41, 5.74) is 3.23. The van der Waals surface area contributed by atoms with Gasteiger partial charge in [-0.2, -0.15) is 0 Å². The fraction of sp³-hybridized carbons (Fsp3) is 0.143. The average molecular weight is 349 g/mol. The molecule has 0 saturated heterocycles. The smallest absolute Gasteiger partial charge is 0.339 e. The van der Waals surface area contributed by atoms with Gasteiger partial charge in [0, 0.05) is 5.69 Å². The number of anilines is 1. The first-order valence-electron chi connectivity index (χ1n) is 8.38. The van der Waals surface area contributed by atoms with Crippen LogP contribution in [0.5, 0.6) is 0 Å². The number of nitrogens with one attached hydrogen (secondary N) is 1. The summed E-state index contributed by atoms with van der Waals surface area (Å²) in [6, 6.07) is 15.1. The van der Waals surface area contributed by atoms with E-state index in [0.717, 1.165) is 23.6 Å². The lowest BCUT2D eigenvalue weighted by Gasteiger charge is -2.10.